The average Bonchev–Trinajstić information content (AvgIpc) is 2.70. The van der Waals surface area contributed by atoms with E-state index in [9.17, 15) is 0 Å². The Bertz CT molecular complexity index is 179. The Balaban J connectivity index is 0.000000317. The number of ether oxygens (including phenoxy) is 1. The molecular formula is C16H32O. The van der Waals surface area contributed by atoms with Gasteiger partial charge in [0.1, 0.15) is 0 Å². The van der Waals surface area contributed by atoms with E-state index in [2.05, 4.69) is 27.7 Å². The normalized spacial score (nSPS) is 32.6. The average molecular weight is 240 g/mol. The van der Waals surface area contributed by atoms with Crippen LogP contribution in [-0.2, 0) is 4.74 Å². The molecule has 0 aromatic rings. The van der Waals surface area contributed by atoms with Gasteiger partial charge in [-0.05, 0) is 50.4 Å². The van der Waals surface area contributed by atoms with E-state index in [1.54, 1.807) is 0 Å². The zero-order valence-electron chi connectivity index (χ0n) is 12.4. The molecule has 1 saturated heterocycles. The van der Waals surface area contributed by atoms with Crippen LogP contribution >= 0.6 is 0 Å². The highest BCUT2D eigenvalue weighted by molar-refractivity contribution is 4.89. The molecule has 0 radical (unpaired) electrons. The van der Waals surface area contributed by atoms with E-state index < -0.39 is 0 Å². The van der Waals surface area contributed by atoms with Gasteiger partial charge in [-0.1, -0.05) is 40.5 Å². The topological polar surface area (TPSA) is 9.23 Å². The van der Waals surface area contributed by atoms with E-state index in [1.165, 1.54) is 51.4 Å². The Hall–Kier alpha value is -0.0400. The van der Waals surface area contributed by atoms with E-state index in [-0.39, 0.29) is 0 Å². The van der Waals surface area contributed by atoms with Gasteiger partial charge in [0.25, 0.3) is 0 Å². The standard InChI is InChI=1S/C12H22O.C4H10/c1-2-4-11-5-8-12(9-6-11)7-3-10-13-12;1-4(2)3/h11H,2-10H2,1H3;4H,1-3H3. The van der Waals surface area contributed by atoms with Gasteiger partial charge in [0, 0.05) is 6.61 Å². The molecule has 1 nitrogen and oxygen atoms in total. The van der Waals surface area contributed by atoms with Crippen molar-refractivity contribution in [2.45, 2.75) is 84.7 Å². The minimum absolute atomic E-state index is 0.351. The van der Waals surface area contributed by atoms with Crippen molar-refractivity contribution >= 4 is 0 Å². The smallest absolute Gasteiger partial charge is 0.0683 e. The first-order valence-electron chi connectivity index (χ1n) is 7.72. The molecule has 0 bridgehead atoms. The first-order valence-corrected chi connectivity index (χ1v) is 7.72. The molecular weight excluding hydrogens is 208 g/mol. The summed E-state index contributed by atoms with van der Waals surface area (Å²) in [7, 11) is 0. The fourth-order valence-electron chi connectivity index (χ4n) is 3.05. The SMILES string of the molecule is CC(C)C.CCCC1CCC2(CCCO2)CC1. The van der Waals surface area contributed by atoms with Crippen LogP contribution in [0.1, 0.15) is 79.1 Å². The second kappa shape index (κ2) is 7.41. The molecule has 0 aromatic carbocycles. The van der Waals surface area contributed by atoms with Crippen molar-refractivity contribution in [3.63, 3.8) is 0 Å². The quantitative estimate of drug-likeness (QED) is 0.645. The summed E-state index contributed by atoms with van der Waals surface area (Å²) < 4.78 is 5.91. The van der Waals surface area contributed by atoms with Gasteiger partial charge < -0.3 is 4.74 Å². The molecule has 2 fully saturated rings. The maximum Gasteiger partial charge on any atom is 0.0683 e. The zero-order chi connectivity index (χ0) is 12.7. The molecule has 1 saturated carbocycles. The molecule has 2 rings (SSSR count). The van der Waals surface area contributed by atoms with Gasteiger partial charge in [-0.15, -0.1) is 0 Å². The molecule has 0 aromatic heterocycles. The van der Waals surface area contributed by atoms with Gasteiger partial charge >= 0.3 is 0 Å². The Kier molecular flexibility index (Phi) is 6.54. The largest absolute Gasteiger partial charge is 0.375 e. The van der Waals surface area contributed by atoms with Gasteiger partial charge in [-0.2, -0.15) is 0 Å². The molecule has 2 aliphatic rings. The predicted molar refractivity (Wildman–Crippen MR) is 75.3 cm³/mol. The molecule has 0 N–H and O–H groups in total. The van der Waals surface area contributed by atoms with E-state index in [0.29, 0.717) is 5.60 Å². The molecule has 1 spiro atoms. The van der Waals surface area contributed by atoms with E-state index in [4.69, 9.17) is 4.74 Å². The molecule has 1 heterocycles. The monoisotopic (exact) mass is 240 g/mol. The van der Waals surface area contributed by atoms with Crippen LogP contribution < -0.4 is 0 Å². The first kappa shape index (κ1) is 15.0. The third kappa shape index (κ3) is 5.42. The number of rotatable bonds is 2. The summed E-state index contributed by atoms with van der Waals surface area (Å²) in [5.74, 6) is 1.85. The molecule has 1 aliphatic heterocycles. The second-order valence-electron chi connectivity index (χ2n) is 6.60. The maximum absolute atomic E-state index is 5.91. The highest BCUT2D eigenvalue weighted by Gasteiger charge is 2.38. The van der Waals surface area contributed by atoms with Crippen molar-refractivity contribution in [3.8, 4) is 0 Å². The van der Waals surface area contributed by atoms with Crippen LogP contribution in [0.15, 0.2) is 0 Å². The van der Waals surface area contributed by atoms with Crippen LogP contribution in [0, 0.1) is 11.8 Å². The van der Waals surface area contributed by atoms with Crippen molar-refractivity contribution in [2.75, 3.05) is 6.61 Å². The summed E-state index contributed by atoms with van der Waals surface area (Å²) in [6, 6.07) is 0. The third-order valence-electron chi connectivity index (χ3n) is 3.90. The van der Waals surface area contributed by atoms with E-state index >= 15 is 0 Å². The zero-order valence-corrected chi connectivity index (χ0v) is 12.4. The molecule has 0 amide bonds. The summed E-state index contributed by atoms with van der Waals surface area (Å²) in [5, 5.41) is 0. The van der Waals surface area contributed by atoms with Gasteiger partial charge in [0.15, 0.2) is 0 Å². The molecule has 1 heteroatoms. The summed E-state index contributed by atoms with van der Waals surface area (Å²) in [6.07, 6.45) is 11.0. The molecule has 17 heavy (non-hydrogen) atoms. The lowest BCUT2D eigenvalue weighted by Crippen LogP contribution is -2.33. The van der Waals surface area contributed by atoms with Crippen LogP contribution in [0.3, 0.4) is 0 Å². The van der Waals surface area contributed by atoms with Gasteiger partial charge in [-0.3, -0.25) is 0 Å². The van der Waals surface area contributed by atoms with Crippen LogP contribution in [0.4, 0.5) is 0 Å². The van der Waals surface area contributed by atoms with Crippen molar-refractivity contribution in [3.05, 3.63) is 0 Å². The summed E-state index contributed by atoms with van der Waals surface area (Å²) in [5.41, 5.74) is 0.351. The minimum atomic E-state index is 0.351. The fraction of sp³-hybridized carbons (Fsp3) is 1.00. The lowest BCUT2D eigenvalue weighted by atomic mass is 9.76. The Morgan fingerprint density at radius 2 is 1.71 bits per heavy atom. The summed E-state index contributed by atoms with van der Waals surface area (Å²) >= 11 is 0. The predicted octanol–water partition coefficient (Wildman–Crippen LogP) is 5.19. The van der Waals surface area contributed by atoms with Crippen molar-refractivity contribution in [2.24, 2.45) is 11.8 Å². The van der Waals surface area contributed by atoms with Gasteiger partial charge in [-0.25, -0.2) is 0 Å². The molecule has 0 unspecified atom stereocenters. The summed E-state index contributed by atoms with van der Waals surface area (Å²) in [4.78, 5) is 0. The molecule has 102 valence electrons. The maximum atomic E-state index is 5.91. The van der Waals surface area contributed by atoms with Gasteiger partial charge in [0.05, 0.1) is 5.60 Å². The lowest BCUT2D eigenvalue weighted by molar-refractivity contribution is -0.0354. The Morgan fingerprint density at radius 3 is 2.12 bits per heavy atom. The molecule has 1 aliphatic carbocycles. The fourth-order valence-corrected chi connectivity index (χ4v) is 3.05. The Labute approximate surface area is 108 Å². The van der Waals surface area contributed by atoms with Crippen LogP contribution in [0.25, 0.3) is 0 Å². The first-order chi connectivity index (χ1) is 8.08. The van der Waals surface area contributed by atoms with E-state index in [1.807, 2.05) is 0 Å². The number of hydrogen-bond donors (Lipinski definition) is 0. The van der Waals surface area contributed by atoms with Crippen LogP contribution in [-0.4, -0.2) is 12.2 Å². The minimum Gasteiger partial charge on any atom is -0.375 e. The highest BCUT2D eigenvalue weighted by Crippen LogP contribution is 2.42. The van der Waals surface area contributed by atoms with Crippen molar-refractivity contribution in [1.29, 1.82) is 0 Å². The van der Waals surface area contributed by atoms with Crippen molar-refractivity contribution < 1.29 is 4.74 Å². The second-order valence-corrected chi connectivity index (χ2v) is 6.60. The van der Waals surface area contributed by atoms with Crippen LogP contribution in [0.5, 0.6) is 0 Å². The Morgan fingerprint density at radius 1 is 1.12 bits per heavy atom. The third-order valence-corrected chi connectivity index (χ3v) is 3.90. The van der Waals surface area contributed by atoms with Crippen LogP contribution in [0.2, 0.25) is 0 Å². The van der Waals surface area contributed by atoms with Gasteiger partial charge in [0.2, 0.25) is 0 Å². The number of hydrogen-bond acceptors (Lipinski definition) is 1. The molecule has 0 atom stereocenters. The lowest BCUT2D eigenvalue weighted by Gasteiger charge is -2.36. The summed E-state index contributed by atoms with van der Waals surface area (Å²) in [6.45, 7) is 9.83. The highest BCUT2D eigenvalue weighted by atomic mass is 16.5. The van der Waals surface area contributed by atoms with E-state index in [0.717, 1.165) is 18.4 Å². The van der Waals surface area contributed by atoms with Crippen molar-refractivity contribution in [1.82, 2.24) is 0 Å².